The highest BCUT2D eigenvalue weighted by molar-refractivity contribution is 5.72. The third kappa shape index (κ3) is 6.56. The highest BCUT2D eigenvalue weighted by Crippen LogP contribution is 2.02. The molecule has 0 fully saturated rings. The lowest BCUT2D eigenvalue weighted by Gasteiger charge is -2.01. The van der Waals surface area contributed by atoms with Gasteiger partial charge in [0.05, 0.1) is 13.0 Å². The molecular weight excluding hydrogens is 212 g/mol. The molecule has 0 unspecified atom stereocenters. The van der Waals surface area contributed by atoms with E-state index in [1.165, 1.54) is 0 Å². The van der Waals surface area contributed by atoms with Crippen molar-refractivity contribution in [2.45, 2.75) is 32.6 Å². The Kier molecular flexibility index (Phi) is 6.80. The van der Waals surface area contributed by atoms with Gasteiger partial charge in [-0.25, -0.2) is 0 Å². The fourth-order valence-electron chi connectivity index (χ4n) is 1.45. The number of rotatable bonds is 7. The molecule has 92 valence electrons. The first-order valence-electron chi connectivity index (χ1n) is 6.20. The molecule has 0 atom stereocenters. The van der Waals surface area contributed by atoms with Crippen molar-refractivity contribution in [2.24, 2.45) is 0 Å². The quantitative estimate of drug-likeness (QED) is 0.527. The van der Waals surface area contributed by atoms with E-state index in [9.17, 15) is 4.79 Å². The highest BCUT2D eigenvalue weighted by Gasteiger charge is 1.98. The molecular formula is C15H20O2. The number of hydrogen-bond acceptors (Lipinski definition) is 2. The minimum absolute atomic E-state index is 0.145. The summed E-state index contributed by atoms with van der Waals surface area (Å²) in [5.41, 5.74) is 1.10. The molecule has 0 aliphatic heterocycles. The third-order valence-electron chi connectivity index (χ3n) is 2.41. The summed E-state index contributed by atoms with van der Waals surface area (Å²) in [6.07, 6.45) is 7.36. The summed E-state index contributed by atoms with van der Waals surface area (Å²) >= 11 is 0. The maximum atomic E-state index is 11.3. The Hall–Kier alpha value is -1.57. The van der Waals surface area contributed by atoms with E-state index in [0.29, 0.717) is 13.0 Å². The molecule has 0 spiro atoms. The van der Waals surface area contributed by atoms with E-state index in [2.05, 4.69) is 6.92 Å². The second kappa shape index (κ2) is 8.57. The van der Waals surface area contributed by atoms with Gasteiger partial charge in [0.15, 0.2) is 0 Å². The first-order chi connectivity index (χ1) is 8.33. The van der Waals surface area contributed by atoms with Crippen LogP contribution in [-0.2, 0) is 9.53 Å². The van der Waals surface area contributed by atoms with Gasteiger partial charge in [0, 0.05) is 0 Å². The molecule has 2 heteroatoms. The van der Waals surface area contributed by atoms with Crippen LogP contribution < -0.4 is 0 Å². The van der Waals surface area contributed by atoms with Crippen LogP contribution in [0.4, 0.5) is 0 Å². The molecule has 0 aliphatic rings. The molecule has 0 N–H and O–H groups in total. The summed E-state index contributed by atoms with van der Waals surface area (Å²) in [4.78, 5) is 11.3. The number of benzene rings is 1. The largest absolute Gasteiger partial charge is 0.465 e. The lowest BCUT2D eigenvalue weighted by atomic mass is 10.2. The van der Waals surface area contributed by atoms with E-state index in [1.807, 2.05) is 42.5 Å². The van der Waals surface area contributed by atoms with Gasteiger partial charge in [-0.15, -0.1) is 0 Å². The van der Waals surface area contributed by atoms with Crippen LogP contribution in [0.25, 0.3) is 6.08 Å². The first kappa shape index (κ1) is 13.5. The van der Waals surface area contributed by atoms with Crippen LogP contribution in [0.15, 0.2) is 36.4 Å². The number of esters is 1. The maximum Gasteiger partial charge on any atom is 0.309 e. The number of carbonyl (C=O) groups is 1. The Morgan fingerprint density at radius 1 is 1.24 bits per heavy atom. The average molecular weight is 232 g/mol. The monoisotopic (exact) mass is 232 g/mol. The van der Waals surface area contributed by atoms with E-state index >= 15 is 0 Å². The Balaban J connectivity index is 2.17. The van der Waals surface area contributed by atoms with Gasteiger partial charge in [-0.05, 0) is 12.0 Å². The standard InChI is InChI=1S/C15H20O2/c1-2-3-7-13-17-15(16)12-8-11-14-9-5-4-6-10-14/h4-6,8-11H,2-3,7,12-13H2,1H3/b11-8+. The topological polar surface area (TPSA) is 26.3 Å². The normalized spacial score (nSPS) is 10.6. The summed E-state index contributed by atoms with van der Waals surface area (Å²) in [5.74, 6) is -0.145. The summed E-state index contributed by atoms with van der Waals surface area (Å²) in [6, 6.07) is 9.93. The molecule has 0 heterocycles. The fourth-order valence-corrected chi connectivity index (χ4v) is 1.45. The zero-order chi connectivity index (χ0) is 12.3. The van der Waals surface area contributed by atoms with Gasteiger partial charge in [-0.3, -0.25) is 4.79 Å². The Morgan fingerprint density at radius 2 is 2.00 bits per heavy atom. The van der Waals surface area contributed by atoms with E-state index in [4.69, 9.17) is 4.74 Å². The number of carbonyl (C=O) groups excluding carboxylic acids is 1. The van der Waals surface area contributed by atoms with Gasteiger partial charge in [0.1, 0.15) is 0 Å². The molecule has 0 radical (unpaired) electrons. The summed E-state index contributed by atoms with van der Waals surface area (Å²) in [5, 5.41) is 0. The smallest absolute Gasteiger partial charge is 0.309 e. The molecule has 0 bridgehead atoms. The fraction of sp³-hybridized carbons (Fsp3) is 0.400. The molecule has 0 saturated heterocycles. The predicted octanol–water partition coefficient (Wildman–Crippen LogP) is 3.82. The zero-order valence-corrected chi connectivity index (χ0v) is 10.4. The van der Waals surface area contributed by atoms with Gasteiger partial charge in [-0.1, -0.05) is 62.2 Å². The van der Waals surface area contributed by atoms with Gasteiger partial charge >= 0.3 is 5.97 Å². The van der Waals surface area contributed by atoms with E-state index in [-0.39, 0.29) is 5.97 Å². The van der Waals surface area contributed by atoms with Gasteiger partial charge in [-0.2, -0.15) is 0 Å². The molecule has 1 aromatic carbocycles. The van der Waals surface area contributed by atoms with Crippen molar-refractivity contribution in [3.05, 3.63) is 42.0 Å². The molecule has 0 aromatic heterocycles. The SMILES string of the molecule is CCCCCOC(=O)C/C=C/c1ccccc1. The van der Waals surface area contributed by atoms with E-state index < -0.39 is 0 Å². The zero-order valence-electron chi connectivity index (χ0n) is 10.4. The first-order valence-corrected chi connectivity index (χ1v) is 6.20. The lowest BCUT2D eigenvalue weighted by molar-refractivity contribution is -0.142. The van der Waals surface area contributed by atoms with Crippen LogP contribution >= 0.6 is 0 Å². The van der Waals surface area contributed by atoms with Crippen molar-refractivity contribution in [3.63, 3.8) is 0 Å². The van der Waals surface area contributed by atoms with E-state index in [0.717, 1.165) is 24.8 Å². The Morgan fingerprint density at radius 3 is 2.71 bits per heavy atom. The Bertz CT molecular complexity index is 341. The minimum Gasteiger partial charge on any atom is -0.465 e. The molecule has 0 saturated carbocycles. The van der Waals surface area contributed by atoms with Crippen LogP contribution in [0.1, 0.15) is 38.2 Å². The average Bonchev–Trinajstić information content (AvgIpc) is 2.36. The number of hydrogen-bond donors (Lipinski definition) is 0. The van der Waals surface area contributed by atoms with Crippen LogP contribution in [-0.4, -0.2) is 12.6 Å². The summed E-state index contributed by atoms with van der Waals surface area (Å²) < 4.78 is 5.09. The summed E-state index contributed by atoms with van der Waals surface area (Å²) in [6.45, 7) is 2.68. The van der Waals surface area contributed by atoms with Crippen molar-refractivity contribution >= 4 is 12.0 Å². The van der Waals surface area contributed by atoms with Crippen LogP contribution in [0.2, 0.25) is 0 Å². The van der Waals surface area contributed by atoms with E-state index in [1.54, 1.807) is 0 Å². The van der Waals surface area contributed by atoms with Crippen molar-refractivity contribution in [1.29, 1.82) is 0 Å². The van der Waals surface area contributed by atoms with Crippen molar-refractivity contribution < 1.29 is 9.53 Å². The maximum absolute atomic E-state index is 11.3. The molecule has 0 amide bonds. The number of unbranched alkanes of at least 4 members (excludes halogenated alkanes) is 2. The molecule has 1 aromatic rings. The van der Waals surface area contributed by atoms with Crippen molar-refractivity contribution in [3.8, 4) is 0 Å². The number of ether oxygens (including phenoxy) is 1. The van der Waals surface area contributed by atoms with Crippen molar-refractivity contribution in [1.82, 2.24) is 0 Å². The van der Waals surface area contributed by atoms with Crippen molar-refractivity contribution in [2.75, 3.05) is 6.61 Å². The molecule has 0 aliphatic carbocycles. The highest BCUT2D eigenvalue weighted by atomic mass is 16.5. The second-order valence-electron chi connectivity index (χ2n) is 3.94. The molecule has 17 heavy (non-hydrogen) atoms. The van der Waals surface area contributed by atoms with Crippen LogP contribution in [0.5, 0.6) is 0 Å². The third-order valence-corrected chi connectivity index (χ3v) is 2.41. The van der Waals surface area contributed by atoms with Gasteiger partial charge < -0.3 is 4.74 Å². The predicted molar refractivity (Wildman–Crippen MR) is 70.6 cm³/mol. The van der Waals surface area contributed by atoms with Crippen LogP contribution in [0.3, 0.4) is 0 Å². The molecule has 1 rings (SSSR count). The minimum atomic E-state index is -0.145. The van der Waals surface area contributed by atoms with Gasteiger partial charge in [0.25, 0.3) is 0 Å². The summed E-state index contributed by atoms with van der Waals surface area (Å²) in [7, 11) is 0. The Labute approximate surface area is 103 Å². The molecule has 2 nitrogen and oxygen atoms in total. The van der Waals surface area contributed by atoms with Crippen LogP contribution in [0, 0.1) is 0 Å². The van der Waals surface area contributed by atoms with Gasteiger partial charge in [0.2, 0.25) is 0 Å². The lowest BCUT2D eigenvalue weighted by Crippen LogP contribution is -2.04. The second-order valence-corrected chi connectivity index (χ2v) is 3.94.